The first-order valence-electron chi connectivity index (χ1n) is 6.92. The molecular formula is C15H14N2O3S. The van der Waals surface area contributed by atoms with Crippen LogP contribution in [0.4, 0.5) is 0 Å². The molecular weight excluding hydrogens is 288 g/mol. The summed E-state index contributed by atoms with van der Waals surface area (Å²) in [5.41, 5.74) is 1.49. The van der Waals surface area contributed by atoms with Crippen LogP contribution in [-0.4, -0.2) is 17.7 Å². The van der Waals surface area contributed by atoms with Crippen molar-refractivity contribution in [3.63, 3.8) is 0 Å². The summed E-state index contributed by atoms with van der Waals surface area (Å²) in [6, 6.07) is 5.19. The molecule has 0 radical (unpaired) electrons. The van der Waals surface area contributed by atoms with Crippen molar-refractivity contribution in [2.24, 2.45) is 0 Å². The number of carbonyl (C=O) groups is 1. The van der Waals surface area contributed by atoms with Crippen LogP contribution in [0.2, 0.25) is 0 Å². The lowest BCUT2D eigenvalue weighted by Crippen LogP contribution is -2.22. The van der Waals surface area contributed by atoms with E-state index in [1.165, 1.54) is 17.8 Å². The molecule has 2 heterocycles. The summed E-state index contributed by atoms with van der Waals surface area (Å²) in [6.07, 6.45) is 2.49. The molecule has 1 fully saturated rings. The van der Waals surface area contributed by atoms with Crippen molar-refractivity contribution in [3.8, 4) is 11.5 Å². The van der Waals surface area contributed by atoms with E-state index < -0.39 is 0 Å². The Morgan fingerprint density at radius 2 is 2.19 bits per heavy atom. The smallest absolute Gasteiger partial charge is 0.251 e. The molecule has 0 saturated heterocycles. The second-order valence-corrected chi connectivity index (χ2v) is 6.09. The highest BCUT2D eigenvalue weighted by Gasteiger charge is 2.26. The summed E-state index contributed by atoms with van der Waals surface area (Å²) in [6.45, 7) is 0.666. The summed E-state index contributed by atoms with van der Waals surface area (Å²) in [5, 5.41) is 6.11. The van der Waals surface area contributed by atoms with Crippen molar-refractivity contribution in [1.29, 1.82) is 0 Å². The number of thiazole rings is 1. The van der Waals surface area contributed by atoms with E-state index in [0.29, 0.717) is 29.5 Å². The molecule has 5 nitrogen and oxygen atoms in total. The second kappa shape index (κ2) is 5.04. The lowest BCUT2D eigenvalue weighted by Gasteiger charge is -2.04. The van der Waals surface area contributed by atoms with Crippen molar-refractivity contribution in [3.05, 3.63) is 39.8 Å². The van der Waals surface area contributed by atoms with Crippen LogP contribution >= 0.6 is 11.3 Å². The molecule has 6 heteroatoms. The Kier molecular flexibility index (Phi) is 3.03. The Morgan fingerprint density at radius 1 is 1.33 bits per heavy atom. The number of hydrogen-bond acceptors (Lipinski definition) is 5. The van der Waals surface area contributed by atoms with E-state index in [0.717, 1.165) is 5.69 Å². The minimum Gasteiger partial charge on any atom is -0.454 e. The normalized spacial score (nSPS) is 16.0. The van der Waals surface area contributed by atoms with Crippen LogP contribution in [0.1, 0.15) is 39.8 Å². The average molecular weight is 302 g/mol. The van der Waals surface area contributed by atoms with Gasteiger partial charge in [0, 0.05) is 16.9 Å². The SMILES string of the molecule is O=C(NCc1csc(C2CC2)n1)c1ccc2c(c1)OCO2. The Hall–Kier alpha value is -2.08. The molecule has 0 atom stereocenters. The molecule has 0 bridgehead atoms. The molecule has 21 heavy (non-hydrogen) atoms. The summed E-state index contributed by atoms with van der Waals surface area (Å²) in [5.74, 6) is 1.83. The van der Waals surface area contributed by atoms with Gasteiger partial charge < -0.3 is 14.8 Å². The maximum atomic E-state index is 12.1. The molecule has 1 aliphatic heterocycles. The van der Waals surface area contributed by atoms with E-state index in [1.54, 1.807) is 29.5 Å². The molecule has 1 aliphatic carbocycles. The van der Waals surface area contributed by atoms with Gasteiger partial charge in [0.05, 0.1) is 17.2 Å². The van der Waals surface area contributed by atoms with E-state index in [1.807, 2.05) is 5.38 Å². The van der Waals surface area contributed by atoms with Gasteiger partial charge in [0.15, 0.2) is 11.5 Å². The molecule has 1 saturated carbocycles. The van der Waals surface area contributed by atoms with Crippen molar-refractivity contribution >= 4 is 17.2 Å². The number of ether oxygens (including phenoxy) is 2. The van der Waals surface area contributed by atoms with Gasteiger partial charge in [-0.1, -0.05) is 0 Å². The third-order valence-corrected chi connectivity index (χ3v) is 4.62. The first kappa shape index (κ1) is 12.6. The van der Waals surface area contributed by atoms with E-state index in [4.69, 9.17) is 9.47 Å². The number of benzene rings is 1. The molecule has 1 amide bonds. The topological polar surface area (TPSA) is 60.5 Å². The fourth-order valence-corrected chi connectivity index (χ4v) is 3.22. The molecule has 1 aromatic heterocycles. The van der Waals surface area contributed by atoms with Crippen molar-refractivity contribution in [1.82, 2.24) is 10.3 Å². The van der Waals surface area contributed by atoms with Crippen LogP contribution in [0.3, 0.4) is 0 Å². The molecule has 1 N–H and O–H groups in total. The van der Waals surface area contributed by atoms with E-state index in [2.05, 4.69) is 10.3 Å². The van der Waals surface area contributed by atoms with Gasteiger partial charge in [-0.05, 0) is 31.0 Å². The van der Waals surface area contributed by atoms with Gasteiger partial charge in [-0.25, -0.2) is 4.98 Å². The van der Waals surface area contributed by atoms with Gasteiger partial charge in [-0.15, -0.1) is 11.3 Å². The van der Waals surface area contributed by atoms with Gasteiger partial charge in [-0.2, -0.15) is 0 Å². The Bertz CT molecular complexity index is 694. The first-order chi connectivity index (χ1) is 10.3. The monoisotopic (exact) mass is 302 g/mol. The molecule has 2 aliphatic rings. The minimum absolute atomic E-state index is 0.130. The van der Waals surface area contributed by atoms with E-state index >= 15 is 0 Å². The number of rotatable bonds is 4. The zero-order valence-corrected chi connectivity index (χ0v) is 12.1. The molecule has 108 valence electrons. The number of carbonyl (C=O) groups excluding carboxylic acids is 1. The molecule has 4 rings (SSSR count). The highest BCUT2D eigenvalue weighted by Crippen LogP contribution is 2.41. The predicted octanol–water partition coefficient (Wildman–Crippen LogP) is 2.68. The number of nitrogens with one attached hydrogen (secondary N) is 1. The maximum absolute atomic E-state index is 12.1. The summed E-state index contributed by atoms with van der Waals surface area (Å²) in [7, 11) is 0. The zero-order chi connectivity index (χ0) is 14.2. The number of nitrogens with zero attached hydrogens (tertiary/aromatic N) is 1. The Labute approximate surface area is 125 Å². The highest BCUT2D eigenvalue weighted by atomic mass is 32.1. The van der Waals surface area contributed by atoms with E-state index in [-0.39, 0.29) is 12.7 Å². The van der Waals surface area contributed by atoms with Crippen LogP contribution in [-0.2, 0) is 6.54 Å². The predicted molar refractivity (Wildman–Crippen MR) is 77.8 cm³/mol. The quantitative estimate of drug-likeness (QED) is 0.943. The van der Waals surface area contributed by atoms with Gasteiger partial charge in [0.25, 0.3) is 5.91 Å². The van der Waals surface area contributed by atoms with Crippen LogP contribution in [0.25, 0.3) is 0 Å². The third-order valence-electron chi connectivity index (χ3n) is 3.56. The Balaban J connectivity index is 1.40. The van der Waals surface area contributed by atoms with Crippen LogP contribution < -0.4 is 14.8 Å². The summed E-state index contributed by atoms with van der Waals surface area (Å²) in [4.78, 5) is 16.7. The lowest BCUT2D eigenvalue weighted by molar-refractivity contribution is 0.0950. The lowest BCUT2D eigenvalue weighted by atomic mass is 10.2. The third kappa shape index (κ3) is 2.58. The second-order valence-electron chi connectivity index (χ2n) is 5.20. The average Bonchev–Trinajstić information content (AvgIpc) is 3.07. The summed E-state index contributed by atoms with van der Waals surface area (Å²) >= 11 is 1.68. The fourth-order valence-electron chi connectivity index (χ4n) is 2.23. The minimum atomic E-state index is -0.130. The van der Waals surface area contributed by atoms with Gasteiger partial charge >= 0.3 is 0 Å². The Morgan fingerprint density at radius 3 is 3.05 bits per heavy atom. The first-order valence-corrected chi connectivity index (χ1v) is 7.80. The molecule has 1 aromatic carbocycles. The summed E-state index contributed by atoms with van der Waals surface area (Å²) < 4.78 is 10.5. The van der Waals surface area contributed by atoms with Crippen LogP contribution in [0, 0.1) is 0 Å². The number of amides is 1. The van der Waals surface area contributed by atoms with Crippen LogP contribution in [0.5, 0.6) is 11.5 Å². The fraction of sp³-hybridized carbons (Fsp3) is 0.333. The largest absolute Gasteiger partial charge is 0.454 e. The molecule has 0 spiro atoms. The van der Waals surface area contributed by atoms with Crippen molar-refractivity contribution in [2.45, 2.75) is 25.3 Å². The zero-order valence-electron chi connectivity index (χ0n) is 11.3. The van der Waals surface area contributed by atoms with E-state index in [9.17, 15) is 4.79 Å². The van der Waals surface area contributed by atoms with Gasteiger partial charge in [-0.3, -0.25) is 4.79 Å². The van der Waals surface area contributed by atoms with Crippen molar-refractivity contribution in [2.75, 3.05) is 6.79 Å². The van der Waals surface area contributed by atoms with Crippen LogP contribution in [0.15, 0.2) is 23.6 Å². The van der Waals surface area contributed by atoms with Gasteiger partial charge in [0.2, 0.25) is 6.79 Å². The van der Waals surface area contributed by atoms with Gasteiger partial charge in [0.1, 0.15) is 0 Å². The standard InChI is InChI=1S/C15H14N2O3S/c18-14(10-3-4-12-13(5-10)20-8-19-12)16-6-11-7-21-15(17-11)9-1-2-9/h3-5,7,9H,1-2,6,8H2,(H,16,18). The molecule has 2 aromatic rings. The maximum Gasteiger partial charge on any atom is 0.251 e. The molecule has 0 unspecified atom stereocenters. The number of aromatic nitrogens is 1. The highest BCUT2D eigenvalue weighted by molar-refractivity contribution is 7.09. The number of hydrogen-bond donors (Lipinski definition) is 1. The number of fused-ring (bicyclic) bond motifs is 1. The van der Waals surface area contributed by atoms with Crippen molar-refractivity contribution < 1.29 is 14.3 Å².